The highest BCUT2D eigenvalue weighted by Crippen LogP contribution is 2.17. The molecule has 3 nitrogen and oxygen atoms in total. The minimum atomic E-state index is -0.0857. The lowest BCUT2D eigenvalue weighted by Gasteiger charge is -2.08. The molecule has 1 heterocycles. The van der Waals surface area contributed by atoms with Crippen molar-refractivity contribution in [1.29, 1.82) is 0 Å². The molecule has 0 amide bonds. The summed E-state index contributed by atoms with van der Waals surface area (Å²) in [5.41, 5.74) is 13.1. The molecule has 0 aliphatic rings. The number of nitrogens with zero attached hydrogens (tertiary/aromatic N) is 1. The summed E-state index contributed by atoms with van der Waals surface area (Å²) in [7, 11) is 0. The first-order valence-corrected chi connectivity index (χ1v) is 3.78. The molecule has 0 aliphatic heterocycles. The Labute approximate surface area is 72.1 Å². The van der Waals surface area contributed by atoms with Gasteiger partial charge in [-0.3, -0.25) is 0 Å². The summed E-state index contributed by atoms with van der Waals surface area (Å²) in [5.74, 6) is 0.496. The van der Waals surface area contributed by atoms with Crippen LogP contribution in [0.1, 0.15) is 24.1 Å². The minimum absolute atomic E-state index is 0.0857. The Morgan fingerprint density at radius 2 is 2.33 bits per heavy atom. The van der Waals surface area contributed by atoms with Crippen LogP contribution >= 0.6 is 0 Å². The van der Waals surface area contributed by atoms with E-state index >= 15 is 0 Å². The number of hydrogen-bond donors (Lipinski definition) is 2. The zero-order chi connectivity index (χ0) is 9.14. The van der Waals surface area contributed by atoms with Crippen LogP contribution in [0.2, 0.25) is 0 Å². The van der Waals surface area contributed by atoms with Gasteiger partial charge in [-0.05, 0) is 18.6 Å². The lowest BCUT2D eigenvalue weighted by Crippen LogP contribution is -2.09. The summed E-state index contributed by atoms with van der Waals surface area (Å²) in [5, 5.41) is 0. The van der Waals surface area contributed by atoms with Crippen molar-refractivity contribution in [2.45, 2.75) is 13.0 Å². The molecular formula is C9H13N3. The average Bonchev–Trinajstić information content (AvgIpc) is 2.05. The van der Waals surface area contributed by atoms with Gasteiger partial charge in [0.1, 0.15) is 5.82 Å². The lowest BCUT2D eigenvalue weighted by molar-refractivity contribution is 0.815. The van der Waals surface area contributed by atoms with Crippen LogP contribution in [0.3, 0.4) is 0 Å². The largest absolute Gasteiger partial charge is 0.383 e. The Bertz CT molecular complexity index is 292. The summed E-state index contributed by atoms with van der Waals surface area (Å²) >= 11 is 0. The van der Waals surface area contributed by atoms with Crippen LogP contribution < -0.4 is 11.5 Å². The first kappa shape index (κ1) is 8.74. The van der Waals surface area contributed by atoms with E-state index in [0.717, 1.165) is 11.1 Å². The van der Waals surface area contributed by atoms with Crippen LogP contribution in [0.4, 0.5) is 5.82 Å². The highest BCUT2D eigenvalue weighted by molar-refractivity contribution is 5.52. The summed E-state index contributed by atoms with van der Waals surface area (Å²) in [6.07, 6.45) is 3.40. The first-order chi connectivity index (χ1) is 5.65. The Morgan fingerprint density at radius 3 is 2.83 bits per heavy atom. The van der Waals surface area contributed by atoms with E-state index < -0.39 is 0 Å². The van der Waals surface area contributed by atoms with Gasteiger partial charge in [0.15, 0.2) is 0 Å². The highest BCUT2D eigenvalue weighted by atomic mass is 14.8. The summed E-state index contributed by atoms with van der Waals surface area (Å²) < 4.78 is 0. The number of pyridine rings is 1. The van der Waals surface area contributed by atoms with E-state index in [9.17, 15) is 0 Å². The molecule has 3 heteroatoms. The van der Waals surface area contributed by atoms with Gasteiger partial charge >= 0.3 is 0 Å². The Balaban J connectivity index is 3.16. The molecule has 64 valence electrons. The van der Waals surface area contributed by atoms with E-state index in [1.165, 1.54) is 0 Å². The second kappa shape index (κ2) is 3.36. The Hall–Kier alpha value is -1.35. The topological polar surface area (TPSA) is 64.9 Å². The number of hydrogen-bond acceptors (Lipinski definition) is 3. The van der Waals surface area contributed by atoms with Crippen LogP contribution in [0.15, 0.2) is 18.8 Å². The maximum Gasteiger partial charge on any atom is 0.128 e. The van der Waals surface area contributed by atoms with E-state index in [1.54, 1.807) is 12.3 Å². The predicted molar refractivity (Wildman–Crippen MR) is 51.3 cm³/mol. The monoisotopic (exact) mass is 163 g/mol. The molecule has 12 heavy (non-hydrogen) atoms. The average molecular weight is 163 g/mol. The second-order valence-electron chi connectivity index (χ2n) is 2.74. The van der Waals surface area contributed by atoms with Gasteiger partial charge in [-0.15, -0.1) is 0 Å². The lowest BCUT2D eigenvalue weighted by atomic mass is 10.1. The molecule has 0 spiro atoms. The number of anilines is 1. The standard InChI is InChI=1S/C9H13N3/c1-3-7-4-8(6(2)10)9(11)12-5-7/h3-6H,1,10H2,2H3,(H2,11,12)/t6-/m1/s1. The summed E-state index contributed by atoms with van der Waals surface area (Å²) in [4.78, 5) is 4.00. The third-order valence-electron chi connectivity index (χ3n) is 1.70. The zero-order valence-electron chi connectivity index (χ0n) is 7.12. The summed E-state index contributed by atoms with van der Waals surface area (Å²) in [6.45, 7) is 5.51. The molecule has 1 rings (SSSR count). The maximum absolute atomic E-state index is 5.68. The van der Waals surface area contributed by atoms with Crippen LogP contribution in [0.5, 0.6) is 0 Å². The minimum Gasteiger partial charge on any atom is -0.383 e. The fourth-order valence-corrected chi connectivity index (χ4v) is 0.986. The Morgan fingerprint density at radius 1 is 1.67 bits per heavy atom. The van der Waals surface area contributed by atoms with E-state index in [-0.39, 0.29) is 6.04 Å². The van der Waals surface area contributed by atoms with Gasteiger partial charge in [0.2, 0.25) is 0 Å². The molecule has 4 N–H and O–H groups in total. The number of nitrogens with two attached hydrogens (primary N) is 2. The number of rotatable bonds is 2. The molecule has 0 radical (unpaired) electrons. The third kappa shape index (κ3) is 1.62. The maximum atomic E-state index is 5.68. The number of nitrogen functional groups attached to an aromatic ring is 1. The molecule has 0 saturated carbocycles. The Kier molecular flexibility index (Phi) is 2.45. The second-order valence-corrected chi connectivity index (χ2v) is 2.74. The molecule has 0 unspecified atom stereocenters. The fourth-order valence-electron chi connectivity index (χ4n) is 0.986. The number of aromatic nitrogens is 1. The van der Waals surface area contributed by atoms with E-state index in [1.807, 2.05) is 13.0 Å². The van der Waals surface area contributed by atoms with Gasteiger partial charge in [0.05, 0.1) is 0 Å². The van der Waals surface area contributed by atoms with Crippen molar-refractivity contribution in [2.75, 3.05) is 5.73 Å². The third-order valence-corrected chi connectivity index (χ3v) is 1.70. The molecule has 0 fully saturated rings. The van der Waals surface area contributed by atoms with Crippen molar-refractivity contribution in [1.82, 2.24) is 4.98 Å². The quantitative estimate of drug-likeness (QED) is 0.691. The van der Waals surface area contributed by atoms with Gasteiger partial charge in [-0.1, -0.05) is 12.7 Å². The normalized spacial score (nSPS) is 12.5. The SMILES string of the molecule is C=Cc1cnc(N)c([C@@H](C)N)c1. The molecule has 1 aromatic heterocycles. The highest BCUT2D eigenvalue weighted by Gasteiger charge is 2.04. The van der Waals surface area contributed by atoms with Crippen LogP contribution in [-0.2, 0) is 0 Å². The van der Waals surface area contributed by atoms with E-state index in [0.29, 0.717) is 5.82 Å². The summed E-state index contributed by atoms with van der Waals surface area (Å²) in [6, 6.07) is 1.82. The molecule has 0 aliphatic carbocycles. The first-order valence-electron chi connectivity index (χ1n) is 3.78. The molecular weight excluding hydrogens is 150 g/mol. The van der Waals surface area contributed by atoms with Crippen molar-refractivity contribution in [3.8, 4) is 0 Å². The molecule has 1 aromatic rings. The fraction of sp³-hybridized carbons (Fsp3) is 0.222. The van der Waals surface area contributed by atoms with Crippen molar-refractivity contribution < 1.29 is 0 Å². The van der Waals surface area contributed by atoms with E-state index in [4.69, 9.17) is 11.5 Å². The van der Waals surface area contributed by atoms with Crippen molar-refractivity contribution in [3.05, 3.63) is 30.0 Å². The van der Waals surface area contributed by atoms with Crippen molar-refractivity contribution in [3.63, 3.8) is 0 Å². The van der Waals surface area contributed by atoms with Gasteiger partial charge in [-0.25, -0.2) is 4.98 Å². The van der Waals surface area contributed by atoms with Crippen LogP contribution in [-0.4, -0.2) is 4.98 Å². The van der Waals surface area contributed by atoms with E-state index in [2.05, 4.69) is 11.6 Å². The van der Waals surface area contributed by atoms with Crippen molar-refractivity contribution >= 4 is 11.9 Å². The van der Waals surface area contributed by atoms with Crippen LogP contribution in [0.25, 0.3) is 6.08 Å². The zero-order valence-corrected chi connectivity index (χ0v) is 7.12. The van der Waals surface area contributed by atoms with Crippen LogP contribution in [0, 0.1) is 0 Å². The molecule has 1 atom stereocenters. The smallest absolute Gasteiger partial charge is 0.128 e. The predicted octanol–water partition coefficient (Wildman–Crippen LogP) is 1.33. The van der Waals surface area contributed by atoms with Gasteiger partial charge < -0.3 is 11.5 Å². The van der Waals surface area contributed by atoms with Gasteiger partial charge in [0, 0.05) is 17.8 Å². The molecule has 0 bridgehead atoms. The van der Waals surface area contributed by atoms with Crippen molar-refractivity contribution in [2.24, 2.45) is 5.73 Å². The molecule has 0 aromatic carbocycles. The van der Waals surface area contributed by atoms with Gasteiger partial charge in [-0.2, -0.15) is 0 Å². The van der Waals surface area contributed by atoms with Gasteiger partial charge in [0.25, 0.3) is 0 Å². The molecule has 0 saturated heterocycles.